The summed E-state index contributed by atoms with van der Waals surface area (Å²) in [7, 11) is 1.59. The van der Waals surface area contributed by atoms with E-state index >= 15 is 0 Å². The molecule has 1 aromatic carbocycles. The van der Waals surface area contributed by atoms with Gasteiger partial charge < -0.3 is 14.6 Å². The van der Waals surface area contributed by atoms with Crippen LogP contribution in [0.5, 0.6) is 11.5 Å². The Morgan fingerprint density at radius 2 is 2.06 bits per heavy atom. The Morgan fingerprint density at radius 3 is 2.59 bits per heavy atom. The molecule has 3 nitrogen and oxygen atoms in total. The molecule has 3 rings (SSSR count). The van der Waals surface area contributed by atoms with E-state index in [9.17, 15) is 5.11 Å². The van der Waals surface area contributed by atoms with Crippen molar-refractivity contribution in [3.05, 3.63) is 22.7 Å². The molecule has 0 radical (unpaired) electrons. The zero-order valence-electron chi connectivity index (χ0n) is 9.70. The van der Waals surface area contributed by atoms with Crippen molar-refractivity contribution in [1.29, 1.82) is 0 Å². The molecule has 1 N–H and O–H groups in total. The number of halogens is 1. The van der Waals surface area contributed by atoms with E-state index in [1.807, 2.05) is 0 Å². The van der Waals surface area contributed by atoms with Crippen LogP contribution in [0.2, 0.25) is 5.02 Å². The maximum atomic E-state index is 10.3. The topological polar surface area (TPSA) is 38.7 Å². The number of benzene rings is 1. The monoisotopic (exact) mass is 254 g/mol. The van der Waals surface area contributed by atoms with E-state index in [0.29, 0.717) is 16.5 Å². The summed E-state index contributed by atoms with van der Waals surface area (Å²) in [5, 5.41) is 10.8. The van der Waals surface area contributed by atoms with Crippen molar-refractivity contribution in [2.24, 2.45) is 0 Å². The first kappa shape index (κ1) is 11.2. The van der Waals surface area contributed by atoms with Crippen molar-refractivity contribution in [3.8, 4) is 11.5 Å². The van der Waals surface area contributed by atoms with E-state index in [-0.39, 0.29) is 6.10 Å². The highest BCUT2D eigenvalue weighted by Gasteiger charge is 2.46. The van der Waals surface area contributed by atoms with Crippen molar-refractivity contribution in [3.63, 3.8) is 0 Å². The average Bonchev–Trinajstić information content (AvgIpc) is 3.19. The van der Waals surface area contributed by atoms with Gasteiger partial charge in [0.05, 0.1) is 18.8 Å². The van der Waals surface area contributed by atoms with Gasteiger partial charge in [0, 0.05) is 16.7 Å². The first-order chi connectivity index (χ1) is 8.12. The highest BCUT2D eigenvalue weighted by Crippen LogP contribution is 2.52. The van der Waals surface area contributed by atoms with Crippen LogP contribution in [0.3, 0.4) is 0 Å². The smallest absolute Gasteiger partial charge is 0.167 e. The molecule has 17 heavy (non-hydrogen) atoms. The summed E-state index contributed by atoms with van der Waals surface area (Å²) in [6, 6.07) is 3.52. The summed E-state index contributed by atoms with van der Waals surface area (Å²) < 4.78 is 11.2. The van der Waals surface area contributed by atoms with Crippen LogP contribution in [0.1, 0.15) is 31.2 Å². The van der Waals surface area contributed by atoms with Crippen molar-refractivity contribution in [2.75, 3.05) is 7.11 Å². The van der Waals surface area contributed by atoms with Gasteiger partial charge in [-0.1, -0.05) is 11.6 Å². The molecule has 0 amide bonds. The molecule has 2 fully saturated rings. The van der Waals surface area contributed by atoms with Gasteiger partial charge in [0.1, 0.15) is 0 Å². The quantitative estimate of drug-likeness (QED) is 0.898. The minimum Gasteiger partial charge on any atom is -0.493 e. The molecule has 0 atom stereocenters. The number of hydrogen-bond donors (Lipinski definition) is 1. The van der Waals surface area contributed by atoms with Crippen LogP contribution in [0.25, 0.3) is 0 Å². The van der Waals surface area contributed by atoms with E-state index in [2.05, 4.69) is 0 Å². The van der Waals surface area contributed by atoms with Crippen LogP contribution in [0, 0.1) is 0 Å². The number of hydrogen-bond acceptors (Lipinski definition) is 3. The van der Waals surface area contributed by atoms with Gasteiger partial charge in [-0.25, -0.2) is 0 Å². The zero-order valence-corrected chi connectivity index (χ0v) is 10.5. The van der Waals surface area contributed by atoms with Gasteiger partial charge in [-0.2, -0.15) is 0 Å². The first-order valence-electron chi connectivity index (χ1n) is 5.89. The Morgan fingerprint density at radius 1 is 1.35 bits per heavy atom. The van der Waals surface area contributed by atoms with E-state index in [1.165, 1.54) is 0 Å². The van der Waals surface area contributed by atoms with Gasteiger partial charge in [0.2, 0.25) is 0 Å². The van der Waals surface area contributed by atoms with Gasteiger partial charge in [0.15, 0.2) is 11.5 Å². The van der Waals surface area contributed by atoms with Gasteiger partial charge in [-0.15, -0.1) is 0 Å². The molecule has 0 spiro atoms. The Bertz CT molecular complexity index is 450. The Balaban J connectivity index is 2.05. The third-order valence-electron chi connectivity index (χ3n) is 3.27. The standard InChI is InChI=1S/C13H15ClO3/c1-16-11-7-8(14)6-10(13(15)4-5-13)12(11)17-9-2-3-9/h6-7,9,15H,2-5H2,1H3. The fourth-order valence-electron chi connectivity index (χ4n) is 1.93. The van der Waals surface area contributed by atoms with E-state index in [0.717, 1.165) is 31.2 Å². The largest absolute Gasteiger partial charge is 0.493 e. The van der Waals surface area contributed by atoms with E-state index < -0.39 is 5.60 Å². The lowest BCUT2D eigenvalue weighted by molar-refractivity contribution is 0.143. The van der Waals surface area contributed by atoms with Gasteiger partial charge in [-0.3, -0.25) is 0 Å². The summed E-state index contributed by atoms with van der Waals surface area (Å²) in [6.07, 6.45) is 3.94. The van der Waals surface area contributed by atoms with Crippen LogP contribution in [0.4, 0.5) is 0 Å². The number of aliphatic hydroxyl groups is 1. The highest BCUT2D eigenvalue weighted by atomic mass is 35.5. The molecular formula is C13H15ClO3. The third kappa shape index (κ3) is 2.09. The van der Waals surface area contributed by atoms with Crippen LogP contribution < -0.4 is 9.47 Å². The molecule has 0 unspecified atom stereocenters. The summed E-state index contributed by atoms with van der Waals surface area (Å²) in [5.41, 5.74) is 0.0105. The molecule has 0 aliphatic heterocycles. The second-order valence-electron chi connectivity index (χ2n) is 4.83. The van der Waals surface area contributed by atoms with Crippen molar-refractivity contribution in [1.82, 2.24) is 0 Å². The number of rotatable bonds is 4. The Kier molecular flexibility index (Phi) is 2.49. The zero-order chi connectivity index (χ0) is 12.0. The van der Waals surface area contributed by atoms with Crippen LogP contribution >= 0.6 is 11.6 Å². The number of ether oxygens (including phenoxy) is 2. The normalized spacial score (nSPS) is 21.1. The molecular weight excluding hydrogens is 240 g/mol. The lowest BCUT2D eigenvalue weighted by Crippen LogP contribution is -2.10. The summed E-state index contributed by atoms with van der Waals surface area (Å²) in [6.45, 7) is 0. The molecule has 1 aromatic rings. The predicted molar refractivity (Wildman–Crippen MR) is 64.8 cm³/mol. The maximum absolute atomic E-state index is 10.3. The molecule has 2 saturated carbocycles. The van der Waals surface area contributed by atoms with Gasteiger partial charge in [0.25, 0.3) is 0 Å². The molecule has 92 valence electrons. The Labute approximate surface area is 105 Å². The summed E-state index contributed by atoms with van der Waals surface area (Å²) in [4.78, 5) is 0. The second-order valence-corrected chi connectivity index (χ2v) is 5.27. The molecule has 0 bridgehead atoms. The number of methoxy groups -OCH3 is 1. The second kappa shape index (κ2) is 3.79. The fourth-order valence-corrected chi connectivity index (χ4v) is 2.14. The van der Waals surface area contributed by atoms with Crippen LogP contribution in [-0.2, 0) is 5.60 Å². The first-order valence-corrected chi connectivity index (χ1v) is 6.27. The van der Waals surface area contributed by atoms with Gasteiger partial charge >= 0.3 is 0 Å². The predicted octanol–water partition coefficient (Wildman–Crippen LogP) is 2.87. The molecule has 2 aliphatic rings. The third-order valence-corrected chi connectivity index (χ3v) is 3.49. The van der Waals surface area contributed by atoms with Gasteiger partial charge in [-0.05, 0) is 31.7 Å². The van der Waals surface area contributed by atoms with Crippen molar-refractivity contribution in [2.45, 2.75) is 37.4 Å². The molecule has 0 aromatic heterocycles. The van der Waals surface area contributed by atoms with E-state index in [4.69, 9.17) is 21.1 Å². The Hall–Kier alpha value is -0.930. The average molecular weight is 255 g/mol. The molecule has 2 aliphatic carbocycles. The molecule has 0 heterocycles. The summed E-state index contributed by atoms with van der Waals surface area (Å²) in [5.74, 6) is 1.28. The summed E-state index contributed by atoms with van der Waals surface area (Å²) >= 11 is 6.04. The minimum atomic E-state index is -0.762. The van der Waals surface area contributed by atoms with Crippen molar-refractivity contribution >= 4 is 11.6 Å². The molecule has 0 saturated heterocycles. The minimum absolute atomic E-state index is 0.270. The lowest BCUT2D eigenvalue weighted by atomic mass is 10.1. The highest BCUT2D eigenvalue weighted by molar-refractivity contribution is 6.30. The van der Waals surface area contributed by atoms with Crippen molar-refractivity contribution < 1.29 is 14.6 Å². The maximum Gasteiger partial charge on any atom is 0.167 e. The SMILES string of the molecule is COc1cc(Cl)cc(C2(O)CC2)c1OC1CC1. The van der Waals surface area contributed by atoms with E-state index in [1.54, 1.807) is 19.2 Å². The van der Waals surface area contributed by atoms with Crippen LogP contribution in [-0.4, -0.2) is 18.3 Å². The van der Waals surface area contributed by atoms with Crippen LogP contribution in [0.15, 0.2) is 12.1 Å². The fraction of sp³-hybridized carbons (Fsp3) is 0.538. The molecule has 4 heteroatoms. The lowest BCUT2D eigenvalue weighted by Gasteiger charge is -2.18.